The van der Waals surface area contributed by atoms with Crippen LogP contribution in [0.4, 0.5) is 0 Å². The van der Waals surface area contributed by atoms with Crippen LogP contribution in [-0.2, 0) is 11.2 Å². The summed E-state index contributed by atoms with van der Waals surface area (Å²) < 4.78 is 0. The van der Waals surface area contributed by atoms with E-state index in [-0.39, 0.29) is 0 Å². The van der Waals surface area contributed by atoms with Crippen molar-refractivity contribution in [2.75, 3.05) is 5.83 Å². The van der Waals surface area contributed by atoms with E-state index in [2.05, 4.69) is 15.9 Å². The summed E-state index contributed by atoms with van der Waals surface area (Å²) in [6, 6.07) is 9.83. The minimum atomic E-state index is 0.302. The molecular weight excluding hydrogens is 228 g/mol. The molecule has 0 fully saturated rings. The Morgan fingerprint density at radius 2 is 1.77 bits per heavy atom. The predicted molar refractivity (Wildman–Crippen MR) is 60.3 cm³/mol. The molecule has 1 nitrogen and oxygen atoms in total. The van der Waals surface area contributed by atoms with Gasteiger partial charge in [0.1, 0.15) is 5.78 Å². The summed E-state index contributed by atoms with van der Waals surface area (Å²) in [6.45, 7) is 1.89. The van der Waals surface area contributed by atoms with Gasteiger partial charge in [-0.15, -0.1) is 0 Å². The van der Waals surface area contributed by atoms with E-state index >= 15 is 0 Å². The Balaban J connectivity index is 0.000000671. The van der Waals surface area contributed by atoms with Crippen LogP contribution >= 0.6 is 15.9 Å². The van der Waals surface area contributed by atoms with Crippen LogP contribution in [0.2, 0.25) is 0 Å². The Bertz CT molecular complexity index is 231. The largest absolute Gasteiger partial charge is 0.299 e. The molecule has 0 unspecified atom stereocenters. The number of carbonyl (C=O) groups is 1. The maximum absolute atomic E-state index is 11.0. The SMILES string of the molecule is CBr.CCC(=O)Cc1ccccc1. The standard InChI is InChI=1S/C10H12O.CH3Br/c1-2-10(11)8-9-6-4-3-5-7-9;1-2/h3-7H,2,8H2,1H3;1H3. The first-order valence-corrected chi connectivity index (χ1v) is 5.85. The molecule has 0 N–H and O–H groups in total. The van der Waals surface area contributed by atoms with Crippen molar-refractivity contribution in [3.8, 4) is 0 Å². The van der Waals surface area contributed by atoms with Gasteiger partial charge in [-0.3, -0.25) is 4.79 Å². The molecular formula is C11H15BrO. The molecule has 0 aromatic heterocycles. The molecule has 0 bridgehead atoms. The van der Waals surface area contributed by atoms with Crippen molar-refractivity contribution in [1.29, 1.82) is 0 Å². The van der Waals surface area contributed by atoms with Crippen LogP contribution in [0.5, 0.6) is 0 Å². The highest BCUT2D eigenvalue weighted by molar-refractivity contribution is 9.08. The normalized spacial score (nSPS) is 8.54. The zero-order valence-electron chi connectivity index (χ0n) is 8.09. The summed E-state index contributed by atoms with van der Waals surface area (Å²) in [6.07, 6.45) is 1.21. The molecule has 0 aliphatic rings. The number of benzene rings is 1. The molecule has 13 heavy (non-hydrogen) atoms. The summed E-state index contributed by atoms with van der Waals surface area (Å²) in [4.78, 5) is 11.0. The van der Waals surface area contributed by atoms with E-state index in [1.807, 2.05) is 43.1 Å². The summed E-state index contributed by atoms with van der Waals surface area (Å²) in [7, 11) is 0. The number of rotatable bonds is 3. The van der Waals surface area contributed by atoms with Gasteiger partial charge in [0.15, 0.2) is 0 Å². The smallest absolute Gasteiger partial charge is 0.136 e. The lowest BCUT2D eigenvalue weighted by Gasteiger charge is -1.96. The van der Waals surface area contributed by atoms with Crippen molar-refractivity contribution < 1.29 is 4.79 Å². The first-order valence-electron chi connectivity index (χ1n) is 4.26. The van der Waals surface area contributed by atoms with Gasteiger partial charge in [-0.2, -0.15) is 0 Å². The van der Waals surface area contributed by atoms with E-state index in [9.17, 15) is 4.79 Å². The van der Waals surface area contributed by atoms with Crippen molar-refractivity contribution >= 4 is 21.7 Å². The van der Waals surface area contributed by atoms with E-state index in [4.69, 9.17) is 0 Å². The van der Waals surface area contributed by atoms with E-state index in [0.29, 0.717) is 18.6 Å². The van der Waals surface area contributed by atoms with Gasteiger partial charge >= 0.3 is 0 Å². The van der Waals surface area contributed by atoms with Crippen LogP contribution in [-0.4, -0.2) is 11.6 Å². The first-order chi connectivity index (χ1) is 6.33. The Morgan fingerprint density at radius 3 is 2.23 bits per heavy atom. The second-order valence-electron chi connectivity index (χ2n) is 2.55. The quantitative estimate of drug-likeness (QED) is 0.745. The molecule has 1 aromatic carbocycles. The average Bonchev–Trinajstić information content (AvgIpc) is 2.22. The minimum Gasteiger partial charge on any atom is -0.299 e. The lowest BCUT2D eigenvalue weighted by molar-refractivity contribution is -0.118. The van der Waals surface area contributed by atoms with Crippen LogP contribution in [0.25, 0.3) is 0 Å². The molecule has 1 aromatic rings. The van der Waals surface area contributed by atoms with E-state index in [1.54, 1.807) is 0 Å². The Morgan fingerprint density at radius 1 is 1.23 bits per heavy atom. The highest BCUT2D eigenvalue weighted by atomic mass is 79.9. The highest BCUT2D eigenvalue weighted by Crippen LogP contribution is 2.00. The Kier molecular flexibility index (Phi) is 7.60. The van der Waals surface area contributed by atoms with Gasteiger partial charge in [-0.05, 0) is 11.4 Å². The molecule has 0 amide bonds. The Labute approximate surface area is 88.3 Å². The molecule has 0 heterocycles. The molecule has 0 aliphatic heterocycles. The molecule has 2 heteroatoms. The maximum atomic E-state index is 11.0. The number of halogens is 1. The predicted octanol–water partition coefficient (Wildman–Crippen LogP) is 3.22. The second-order valence-corrected chi connectivity index (χ2v) is 2.55. The molecule has 0 saturated carbocycles. The maximum Gasteiger partial charge on any atom is 0.136 e. The van der Waals surface area contributed by atoms with Crippen molar-refractivity contribution in [1.82, 2.24) is 0 Å². The fourth-order valence-electron chi connectivity index (χ4n) is 0.949. The number of hydrogen-bond acceptors (Lipinski definition) is 1. The number of hydrogen-bond donors (Lipinski definition) is 0. The fraction of sp³-hybridized carbons (Fsp3) is 0.364. The number of alkyl halides is 1. The fourth-order valence-corrected chi connectivity index (χ4v) is 0.949. The Hall–Kier alpha value is -0.630. The van der Waals surface area contributed by atoms with Gasteiger partial charge in [0.25, 0.3) is 0 Å². The third-order valence-electron chi connectivity index (χ3n) is 1.64. The number of ketones is 1. The third-order valence-corrected chi connectivity index (χ3v) is 1.64. The van der Waals surface area contributed by atoms with E-state index in [0.717, 1.165) is 5.56 Å². The summed E-state index contributed by atoms with van der Waals surface area (Å²) in [5, 5.41) is 0. The zero-order chi connectivity index (χ0) is 10.1. The van der Waals surface area contributed by atoms with Gasteiger partial charge < -0.3 is 0 Å². The van der Waals surface area contributed by atoms with Crippen LogP contribution in [0.1, 0.15) is 18.9 Å². The van der Waals surface area contributed by atoms with Gasteiger partial charge in [0.2, 0.25) is 0 Å². The van der Waals surface area contributed by atoms with E-state index in [1.165, 1.54) is 0 Å². The molecule has 0 radical (unpaired) electrons. The minimum absolute atomic E-state index is 0.302. The van der Waals surface area contributed by atoms with Gasteiger partial charge in [-0.1, -0.05) is 53.2 Å². The first kappa shape index (κ1) is 12.4. The monoisotopic (exact) mass is 242 g/mol. The molecule has 0 aliphatic carbocycles. The van der Waals surface area contributed by atoms with Gasteiger partial charge in [0.05, 0.1) is 0 Å². The molecule has 72 valence electrons. The van der Waals surface area contributed by atoms with Crippen molar-refractivity contribution in [2.24, 2.45) is 0 Å². The number of carbonyl (C=O) groups excluding carboxylic acids is 1. The van der Waals surface area contributed by atoms with Crippen molar-refractivity contribution in [2.45, 2.75) is 19.8 Å². The highest BCUT2D eigenvalue weighted by Gasteiger charge is 1.98. The van der Waals surface area contributed by atoms with E-state index < -0.39 is 0 Å². The number of Topliss-reactive ketones (excluding diaryl/α,β-unsaturated/α-hetero) is 1. The van der Waals surface area contributed by atoms with Crippen molar-refractivity contribution in [3.63, 3.8) is 0 Å². The van der Waals surface area contributed by atoms with Gasteiger partial charge in [0, 0.05) is 12.8 Å². The zero-order valence-corrected chi connectivity index (χ0v) is 9.67. The van der Waals surface area contributed by atoms with Crippen LogP contribution in [0, 0.1) is 0 Å². The molecule has 0 atom stereocenters. The topological polar surface area (TPSA) is 17.1 Å². The average molecular weight is 243 g/mol. The lowest BCUT2D eigenvalue weighted by Crippen LogP contribution is -1.99. The van der Waals surface area contributed by atoms with Crippen LogP contribution in [0.3, 0.4) is 0 Å². The second kappa shape index (κ2) is 7.99. The van der Waals surface area contributed by atoms with Crippen LogP contribution in [0.15, 0.2) is 30.3 Å². The van der Waals surface area contributed by atoms with Crippen molar-refractivity contribution in [3.05, 3.63) is 35.9 Å². The lowest BCUT2D eigenvalue weighted by atomic mass is 10.1. The van der Waals surface area contributed by atoms with Gasteiger partial charge in [-0.25, -0.2) is 0 Å². The molecule has 1 rings (SSSR count). The molecule has 0 saturated heterocycles. The third kappa shape index (κ3) is 5.58. The summed E-state index contributed by atoms with van der Waals surface area (Å²) >= 11 is 2.94. The van der Waals surface area contributed by atoms with Crippen LogP contribution < -0.4 is 0 Å². The summed E-state index contributed by atoms with van der Waals surface area (Å²) in [5.74, 6) is 2.11. The summed E-state index contributed by atoms with van der Waals surface area (Å²) in [5.41, 5.74) is 1.11. The molecule has 0 spiro atoms.